The highest BCUT2D eigenvalue weighted by Gasteiger charge is 2.20. The number of piperazine rings is 1. The van der Waals surface area contributed by atoms with Crippen molar-refractivity contribution >= 4 is 45.5 Å². The van der Waals surface area contributed by atoms with Gasteiger partial charge in [-0.25, -0.2) is 4.79 Å². The number of hydrogen-bond acceptors (Lipinski definition) is 4. The first-order chi connectivity index (χ1) is 13.2. The quantitative estimate of drug-likeness (QED) is 0.628. The van der Waals surface area contributed by atoms with E-state index in [2.05, 4.69) is 46.2 Å². The van der Waals surface area contributed by atoms with Crippen LogP contribution in [-0.2, 0) is 6.42 Å². The van der Waals surface area contributed by atoms with Gasteiger partial charge in [0.2, 0.25) is 0 Å². The molecule has 1 aromatic heterocycles. The maximum absolute atomic E-state index is 11.3. The fraction of sp³-hybridized carbons (Fsp3) is 0.318. The van der Waals surface area contributed by atoms with E-state index in [9.17, 15) is 9.90 Å². The zero-order valence-electron chi connectivity index (χ0n) is 15.7. The first-order valence-corrected chi connectivity index (χ1v) is 10.3. The first-order valence-electron chi connectivity index (χ1n) is 9.48. The van der Waals surface area contributed by atoms with Crippen molar-refractivity contribution in [3.05, 3.63) is 65.0 Å². The number of carboxylic acids is 1. The molecular weight excluding hydrogens is 392 g/mol. The van der Waals surface area contributed by atoms with Crippen LogP contribution < -0.4 is 4.90 Å². The number of rotatable bonds is 6. The number of anilines is 1. The average molecular weight is 417 g/mol. The lowest BCUT2D eigenvalue weighted by molar-refractivity contribution is 0.0702. The number of aromatic carboxylic acids is 1. The Kier molecular flexibility index (Phi) is 6.94. The van der Waals surface area contributed by atoms with Crippen molar-refractivity contribution in [2.75, 3.05) is 37.6 Å². The Bertz CT molecular complexity index is 921. The molecule has 0 saturated carbocycles. The zero-order chi connectivity index (χ0) is 18.6. The van der Waals surface area contributed by atoms with Gasteiger partial charge in [0.05, 0.1) is 0 Å². The molecule has 0 bridgehead atoms. The predicted octanol–water partition coefficient (Wildman–Crippen LogP) is 4.78. The smallest absolute Gasteiger partial charge is 0.345 e. The van der Waals surface area contributed by atoms with E-state index < -0.39 is 5.97 Å². The van der Waals surface area contributed by atoms with Crippen LogP contribution in [-0.4, -0.2) is 48.7 Å². The molecule has 0 radical (unpaired) electrons. The van der Waals surface area contributed by atoms with Crippen molar-refractivity contribution in [3.63, 3.8) is 0 Å². The average Bonchev–Trinajstić information content (AvgIpc) is 3.14. The Hall–Kier alpha value is -2.08. The van der Waals surface area contributed by atoms with Gasteiger partial charge in [0, 0.05) is 42.0 Å². The van der Waals surface area contributed by atoms with Gasteiger partial charge in [0.1, 0.15) is 4.88 Å². The number of benzene rings is 2. The van der Waals surface area contributed by atoms with Crippen LogP contribution in [0.25, 0.3) is 10.1 Å². The van der Waals surface area contributed by atoms with E-state index in [1.54, 1.807) is 0 Å². The molecule has 1 saturated heterocycles. The van der Waals surface area contributed by atoms with Crippen molar-refractivity contribution in [3.8, 4) is 0 Å². The summed E-state index contributed by atoms with van der Waals surface area (Å²) in [5.74, 6) is -0.842. The molecule has 4 rings (SSSR count). The number of thiophene rings is 1. The maximum atomic E-state index is 11.3. The van der Waals surface area contributed by atoms with Crippen LogP contribution in [0.5, 0.6) is 0 Å². The molecular formula is C22H25ClN2O2S. The third-order valence-corrected chi connectivity index (χ3v) is 6.33. The lowest BCUT2D eigenvalue weighted by Crippen LogP contribution is -2.46. The van der Waals surface area contributed by atoms with Crippen LogP contribution >= 0.6 is 23.7 Å². The number of halogens is 1. The SMILES string of the molecule is Cl.O=C(O)c1cc2c(N3CCN(CCCc4ccccc4)CC3)cccc2s1. The Morgan fingerprint density at radius 2 is 1.75 bits per heavy atom. The lowest BCUT2D eigenvalue weighted by Gasteiger charge is -2.36. The minimum Gasteiger partial charge on any atom is -0.477 e. The summed E-state index contributed by atoms with van der Waals surface area (Å²) in [4.78, 5) is 16.6. The largest absolute Gasteiger partial charge is 0.477 e. The van der Waals surface area contributed by atoms with Gasteiger partial charge in [0.15, 0.2) is 0 Å². The first kappa shape index (κ1) is 20.6. The summed E-state index contributed by atoms with van der Waals surface area (Å²) in [6, 6.07) is 18.7. The standard InChI is InChI=1S/C22H24N2O2S.ClH/c25-22(26)21-16-18-19(9-4-10-20(18)27-21)24-14-12-23(13-15-24)11-5-8-17-6-2-1-3-7-17;/h1-4,6-7,9-10,16H,5,8,11-15H2,(H,25,26);1H. The van der Waals surface area contributed by atoms with Gasteiger partial charge >= 0.3 is 5.97 Å². The van der Waals surface area contributed by atoms with E-state index in [0.717, 1.165) is 49.2 Å². The molecule has 3 aromatic rings. The van der Waals surface area contributed by atoms with Crippen LogP contribution in [0, 0.1) is 0 Å². The third kappa shape index (κ3) is 4.66. The van der Waals surface area contributed by atoms with Crippen molar-refractivity contribution in [2.45, 2.75) is 12.8 Å². The van der Waals surface area contributed by atoms with Crippen LogP contribution in [0.15, 0.2) is 54.6 Å². The number of fused-ring (bicyclic) bond motifs is 1. The van der Waals surface area contributed by atoms with Gasteiger partial charge < -0.3 is 10.0 Å². The normalized spacial score (nSPS) is 14.8. The molecule has 0 aliphatic carbocycles. The van der Waals surface area contributed by atoms with E-state index in [0.29, 0.717) is 4.88 Å². The molecule has 0 amide bonds. The zero-order valence-corrected chi connectivity index (χ0v) is 17.3. The van der Waals surface area contributed by atoms with Crippen LogP contribution in [0.3, 0.4) is 0 Å². The minimum atomic E-state index is -0.842. The van der Waals surface area contributed by atoms with Crippen molar-refractivity contribution < 1.29 is 9.90 Å². The van der Waals surface area contributed by atoms with Gasteiger partial charge in [0.25, 0.3) is 0 Å². The second kappa shape index (κ2) is 9.41. The molecule has 2 aromatic carbocycles. The van der Waals surface area contributed by atoms with Crippen LogP contribution in [0.4, 0.5) is 5.69 Å². The van der Waals surface area contributed by atoms with E-state index >= 15 is 0 Å². The molecule has 6 heteroatoms. The summed E-state index contributed by atoms with van der Waals surface area (Å²) in [7, 11) is 0. The Balaban J connectivity index is 0.00000225. The Morgan fingerprint density at radius 3 is 2.46 bits per heavy atom. The van der Waals surface area contributed by atoms with E-state index in [1.165, 1.54) is 29.0 Å². The van der Waals surface area contributed by atoms with Crippen LogP contribution in [0.2, 0.25) is 0 Å². The monoisotopic (exact) mass is 416 g/mol. The van der Waals surface area contributed by atoms with Gasteiger partial charge in [-0.1, -0.05) is 36.4 Å². The molecule has 1 aliphatic heterocycles. The number of carbonyl (C=O) groups is 1. The highest BCUT2D eigenvalue weighted by atomic mass is 35.5. The number of aryl methyl sites for hydroxylation is 1. The van der Waals surface area contributed by atoms with E-state index in [1.807, 2.05) is 18.2 Å². The van der Waals surface area contributed by atoms with Crippen LogP contribution in [0.1, 0.15) is 21.7 Å². The molecule has 2 heterocycles. The summed E-state index contributed by atoms with van der Waals surface area (Å²) in [5.41, 5.74) is 2.58. The molecule has 4 nitrogen and oxygen atoms in total. The van der Waals surface area contributed by atoms with Crippen molar-refractivity contribution in [1.82, 2.24) is 4.90 Å². The van der Waals surface area contributed by atoms with E-state index in [4.69, 9.17) is 0 Å². The second-order valence-electron chi connectivity index (χ2n) is 7.02. The van der Waals surface area contributed by atoms with E-state index in [-0.39, 0.29) is 12.4 Å². The predicted molar refractivity (Wildman–Crippen MR) is 119 cm³/mol. The topological polar surface area (TPSA) is 43.8 Å². The van der Waals surface area contributed by atoms with Gasteiger partial charge in [-0.2, -0.15) is 0 Å². The fourth-order valence-electron chi connectivity index (χ4n) is 3.79. The highest BCUT2D eigenvalue weighted by Crippen LogP contribution is 2.33. The lowest BCUT2D eigenvalue weighted by atomic mass is 10.1. The third-order valence-electron chi connectivity index (χ3n) is 5.24. The molecule has 28 heavy (non-hydrogen) atoms. The summed E-state index contributed by atoms with van der Waals surface area (Å²) in [5, 5.41) is 10.3. The maximum Gasteiger partial charge on any atom is 0.345 e. The van der Waals surface area contributed by atoms with Gasteiger partial charge in [-0.05, 0) is 43.1 Å². The fourth-order valence-corrected chi connectivity index (χ4v) is 4.71. The molecule has 0 atom stereocenters. The second-order valence-corrected chi connectivity index (χ2v) is 8.11. The van der Waals surface area contributed by atoms with Gasteiger partial charge in [-0.15, -0.1) is 23.7 Å². The van der Waals surface area contributed by atoms with Crippen molar-refractivity contribution in [1.29, 1.82) is 0 Å². The number of hydrogen-bond donors (Lipinski definition) is 1. The molecule has 1 fully saturated rings. The Morgan fingerprint density at radius 1 is 1.00 bits per heavy atom. The molecule has 0 unspecified atom stereocenters. The summed E-state index contributed by atoms with van der Waals surface area (Å²) in [6.07, 6.45) is 2.32. The summed E-state index contributed by atoms with van der Waals surface area (Å²) in [6.45, 7) is 5.22. The van der Waals surface area contributed by atoms with Crippen molar-refractivity contribution in [2.24, 2.45) is 0 Å². The number of nitrogens with zero attached hydrogens (tertiary/aromatic N) is 2. The molecule has 0 spiro atoms. The summed E-state index contributed by atoms with van der Waals surface area (Å²) < 4.78 is 1.05. The molecule has 1 aliphatic rings. The van der Waals surface area contributed by atoms with Gasteiger partial charge in [-0.3, -0.25) is 4.90 Å². The number of carboxylic acid groups (broad SMARTS) is 1. The molecule has 1 N–H and O–H groups in total. The minimum absolute atomic E-state index is 0. The molecule has 148 valence electrons. The highest BCUT2D eigenvalue weighted by molar-refractivity contribution is 7.20. The Labute approximate surface area is 175 Å². The summed E-state index contributed by atoms with van der Waals surface area (Å²) >= 11 is 1.36.